The standard InChI is InChI=1S/C21H19N5S2/c1-2-25-19(18(24-20(25)27)15-9-5-6-12-22-15)16-10-7-13-26(16)21-23-14-8-3-4-11-17(14)28-21/h3-13,18-19H,2H2,1H3,(H,24,27)/t18-,19-/m0/s1. The van der Waals surface area contributed by atoms with Gasteiger partial charge >= 0.3 is 0 Å². The first-order valence-corrected chi connectivity index (χ1v) is 10.5. The van der Waals surface area contributed by atoms with Crippen LogP contribution in [-0.4, -0.2) is 31.1 Å². The monoisotopic (exact) mass is 405 g/mol. The molecule has 140 valence electrons. The molecule has 0 unspecified atom stereocenters. The van der Waals surface area contributed by atoms with Crippen LogP contribution < -0.4 is 5.32 Å². The van der Waals surface area contributed by atoms with Crippen molar-refractivity contribution in [3.8, 4) is 5.13 Å². The van der Waals surface area contributed by atoms with Gasteiger partial charge in [-0.1, -0.05) is 29.5 Å². The number of nitrogens with one attached hydrogen (secondary N) is 1. The van der Waals surface area contributed by atoms with Gasteiger partial charge < -0.3 is 10.2 Å². The molecule has 5 rings (SSSR count). The van der Waals surface area contributed by atoms with Gasteiger partial charge in [-0.3, -0.25) is 9.55 Å². The van der Waals surface area contributed by atoms with E-state index in [2.05, 4.69) is 69.3 Å². The van der Waals surface area contributed by atoms with Gasteiger partial charge in [0.05, 0.1) is 33.7 Å². The molecule has 0 spiro atoms. The van der Waals surface area contributed by atoms with Crippen LogP contribution in [0.3, 0.4) is 0 Å². The average Bonchev–Trinajstić information content (AvgIpc) is 3.44. The maximum atomic E-state index is 5.64. The minimum atomic E-state index is -0.00308. The summed E-state index contributed by atoms with van der Waals surface area (Å²) in [5.41, 5.74) is 3.17. The van der Waals surface area contributed by atoms with E-state index in [0.717, 1.165) is 33.7 Å². The van der Waals surface area contributed by atoms with Crippen molar-refractivity contribution < 1.29 is 0 Å². The van der Waals surface area contributed by atoms with Gasteiger partial charge in [-0.05, 0) is 55.5 Å². The normalized spacial score (nSPS) is 19.3. The number of pyridine rings is 1. The number of rotatable bonds is 4. The molecule has 1 fully saturated rings. The number of thiazole rings is 1. The van der Waals surface area contributed by atoms with Gasteiger partial charge in [0.1, 0.15) is 0 Å². The zero-order chi connectivity index (χ0) is 19.1. The number of aromatic nitrogens is 3. The molecule has 28 heavy (non-hydrogen) atoms. The summed E-state index contributed by atoms with van der Waals surface area (Å²) in [5.74, 6) is 0. The molecule has 0 amide bonds. The summed E-state index contributed by atoms with van der Waals surface area (Å²) >= 11 is 7.34. The Morgan fingerprint density at radius 3 is 2.75 bits per heavy atom. The van der Waals surface area contributed by atoms with E-state index in [0.29, 0.717) is 0 Å². The number of hydrogen-bond donors (Lipinski definition) is 1. The van der Waals surface area contributed by atoms with Crippen molar-refractivity contribution in [2.75, 3.05) is 6.54 Å². The Morgan fingerprint density at radius 1 is 1.11 bits per heavy atom. The molecule has 3 aromatic heterocycles. The predicted molar refractivity (Wildman–Crippen MR) is 117 cm³/mol. The van der Waals surface area contributed by atoms with E-state index >= 15 is 0 Å². The number of fused-ring (bicyclic) bond motifs is 1. The van der Waals surface area contributed by atoms with Crippen LogP contribution >= 0.6 is 23.6 Å². The fraction of sp³-hybridized carbons (Fsp3) is 0.190. The topological polar surface area (TPSA) is 46.0 Å². The average molecular weight is 406 g/mol. The van der Waals surface area contributed by atoms with Crippen LogP contribution in [0.25, 0.3) is 15.3 Å². The van der Waals surface area contributed by atoms with Gasteiger partial charge in [-0.15, -0.1) is 0 Å². The second-order valence-corrected chi connectivity index (χ2v) is 8.08. The van der Waals surface area contributed by atoms with Gasteiger partial charge in [0, 0.05) is 18.9 Å². The van der Waals surface area contributed by atoms with Crippen molar-refractivity contribution in [2.45, 2.75) is 19.0 Å². The smallest absolute Gasteiger partial charge is 0.194 e. The van der Waals surface area contributed by atoms with Crippen LogP contribution in [-0.2, 0) is 0 Å². The number of hydrogen-bond acceptors (Lipinski definition) is 4. The highest BCUT2D eigenvalue weighted by Crippen LogP contribution is 2.40. The molecule has 1 aliphatic heterocycles. The lowest BCUT2D eigenvalue weighted by atomic mass is 10.0. The molecule has 1 saturated heterocycles. The van der Waals surface area contributed by atoms with E-state index in [1.165, 1.54) is 4.70 Å². The third-order valence-electron chi connectivity index (χ3n) is 5.11. The number of likely N-dealkylation sites (N-methyl/N-ethyl adjacent to an activating group) is 1. The first-order chi connectivity index (χ1) is 13.8. The quantitative estimate of drug-likeness (QED) is 0.508. The zero-order valence-corrected chi connectivity index (χ0v) is 17.0. The van der Waals surface area contributed by atoms with E-state index in [9.17, 15) is 0 Å². The molecular weight excluding hydrogens is 386 g/mol. The van der Waals surface area contributed by atoms with Crippen LogP contribution in [0.5, 0.6) is 0 Å². The van der Waals surface area contributed by atoms with Crippen LogP contribution in [0.1, 0.15) is 30.4 Å². The summed E-state index contributed by atoms with van der Waals surface area (Å²) in [6, 6.07) is 18.5. The van der Waals surface area contributed by atoms with Crippen LogP contribution in [0.2, 0.25) is 0 Å². The maximum absolute atomic E-state index is 5.64. The lowest BCUT2D eigenvalue weighted by molar-refractivity contribution is 0.321. The summed E-state index contributed by atoms with van der Waals surface area (Å²) in [7, 11) is 0. The highest BCUT2D eigenvalue weighted by Gasteiger charge is 2.40. The van der Waals surface area contributed by atoms with E-state index < -0.39 is 0 Å². The molecule has 7 heteroatoms. The summed E-state index contributed by atoms with van der Waals surface area (Å²) < 4.78 is 3.37. The molecular formula is C21H19N5S2. The van der Waals surface area contributed by atoms with Gasteiger partial charge in [0.2, 0.25) is 0 Å². The van der Waals surface area contributed by atoms with Gasteiger partial charge in [-0.25, -0.2) is 4.98 Å². The Balaban J connectivity index is 1.62. The lowest BCUT2D eigenvalue weighted by Crippen LogP contribution is -2.30. The van der Waals surface area contributed by atoms with Gasteiger partial charge in [0.15, 0.2) is 10.2 Å². The summed E-state index contributed by atoms with van der Waals surface area (Å²) in [6.07, 6.45) is 3.91. The fourth-order valence-corrected chi connectivity index (χ4v) is 5.18. The largest absolute Gasteiger partial charge is 0.352 e. The molecule has 0 saturated carbocycles. The fourth-order valence-electron chi connectivity index (χ4n) is 3.84. The predicted octanol–water partition coefficient (Wildman–Crippen LogP) is 4.47. The molecule has 4 heterocycles. The lowest BCUT2D eigenvalue weighted by Gasteiger charge is -2.27. The SMILES string of the molecule is CCN1C(=S)N[C@@H](c2ccccn2)[C@@H]1c1cccn1-c1nc2ccccc2s1. The second-order valence-electron chi connectivity index (χ2n) is 6.68. The maximum Gasteiger partial charge on any atom is 0.194 e. The molecule has 1 aromatic carbocycles. The van der Waals surface area contributed by atoms with E-state index in [-0.39, 0.29) is 12.1 Å². The molecule has 0 radical (unpaired) electrons. The molecule has 1 aliphatic rings. The third kappa shape index (κ3) is 2.78. The van der Waals surface area contributed by atoms with Crippen molar-refractivity contribution in [3.63, 3.8) is 0 Å². The van der Waals surface area contributed by atoms with Crippen LogP contribution in [0.15, 0.2) is 67.0 Å². The summed E-state index contributed by atoms with van der Waals surface area (Å²) in [5, 5.41) is 5.21. The minimum Gasteiger partial charge on any atom is -0.352 e. The zero-order valence-electron chi connectivity index (χ0n) is 15.3. The number of benzene rings is 1. The molecule has 2 atom stereocenters. The highest BCUT2D eigenvalue weighted by molar-refractivity contribution is 7.80. The van der Waals surface area contributed by atoms with E-state index in [4.69, 9.17) is 17.2 Å². The van der Waals surface area contributed by atoms with Crippen molar-refractivity contribution >= 4 is 38.9 Å². The van der Waals surface area contributed by atoms with Crippen molar-refractivity contribution in [2.24, 2.45) is 0 Å². The first-order valence-electron chi connectivity index (χ1n) is 9.27. The molecule has 0 aliphatic carbocycles. The Bertz CT molecular complexity index is 1100. The van der Waals surface area contributed by atoms with Crippen LogP contribution in [0.4, 0.5) is 0 Å². The first kappa shape index (κ1) is 17.3. The molecule has 4 aromatic rings. The number of para-hydroxylation sites is 1. The Labute approximate surface area is 172 Å². The van der Waals surface area contributed by atoms with Crippen LogP contribution in [0, 0.1) is 0 Å². The van der Waals surface area contributed by atoms with E-state index in [1.54, 1.807) is 11.3 Å². The minimum absolute atomic E-state index is 0.00308. The highest BCUT2D eigenvalue weighted by atomic mass is 32.1. The van der Waals surface area contributed by atoms with Gasteiger partial charge in [-0.2, -0.15) is 0 Å². The van der Waals surface area contributed by atoms with Gasteiger partial charge in [0.25, 0.3) is 0 Å². The number of thiocarbonyl (C=S) groups is 1. The van der Waals surface area contributed by atoms with E-state index in [1.807, 2.05) is 24.4 Å². The summed E-state index contributed by atoms with van der Waals surface area (Å²) in [6.45, 7) is 2.96. The van der Waals surface area contributed by atoms with Crippen molar-refractivity contribution in [1.29, 1.82) is 0 Å². The Hall–Kier alpha value is -2.77. The molecule has 5 nitrogen and oxygen atoms in total. The number of nitrogens with zero attached hydrogens (tertiary/aromatic N) is 4. The Morgan fingerprint density at radius 2 is 1.96 bits per heavy atom. The molecule has 0 bridgehead atoms. The summed E-state index contributed by atoms with van der Waals surface area (Å²) in [4.78, 5) is 11.7. The van der Waals surface area contributed by atoms with Crippen molar-refractivity contribution in [1.82, 2.24) is 24.8 Å². The third-order valence-corrected chi connectivity index (χ3v) is 6.50. The Kier molecular flexibility index (Phi) is 4.33. The van der Waals surface area contributed by atoms with Crippen molar-refractivity contribution in [3.05, 3.63) is 78.4 Å². The molecule has 1 N–H and O–H groups in total. The second kappa shape index (κ2) is 7.00.